The van der Waals surface area contributed by atoms with Crippen LogP contribution in [0.15, 0.2) is 18.2 Å². The van der Waals surface area contributed by atoms with Crippen molar-refractivity contribution in [3.63, 3.8) is 0 Å². The fraction of sp³-hybridized carbons (Fsp3) is 0.533. The molecule has 0 radical (unpaired) electrons. The van der Waals surface area contributed by atoms with Crippen LogP contribution >= 0.6 is 0 Å². The number of rotatable bonds is 4. The Bertz CT molecular complexity index is 425. The third-order valence-corrected chi connectivity index (χ3v) is 3.44. The van der Waals surface area contributed by atoms with Gasteiger partial charge in [-0.3, -0.25) is 4.79 Å². The van der Waals surface area contributed by atoms with E-state index in [0.29, 0.717) is 6.42 Å². The van der Waals surface area contributed by atoms with Crippen molar-refractivity contribution in [2.24, 2.45) is 0 Å². The molecule has 0 atom stereocenters. The van der Waals surface area contributed by atoms with E-state index < -0.39 is 0 Å². The summed E-state index contributed by atoms with van der Waals surface area (Å²) in [5.74, 6) is 1.19. The quantitative estimate of drug-likeness (QED) is 0.817. The summed E-state index contributed by atoms with van der Waals surface area (Å²) in [7, 11) is 0. The first-order valence-corrected chi connectivity index (χ1v) is 6.77. The molecule has 0 saturated heterocycles. The lowest BCUT2D eigenvalue weighted by molar-refractivity contribution is -0.130. The number of hydrogen-bond acceptors (Lipinski definition) is 2. The minimum Gasteiger partial charge on any atom is -0.493 e. The van der Waals surface area contributed by atoms with Gasteiger partial charge in [-0.25, -0.2) is 0 Å². The molecule has 1 amide bonds. The highest BCUT2D eigenvalue weighted by Gasteiger charge is 2.14. The number of carbonyl (C=O) groups excluding carboxylic acids is 1. The number of amides is 1. The first-order chi connectivity index (χ1) is 8.74. The van der Waals surface area contributed by atoms with Gasteiger partial charge in [0.1, 0.15) is 5.75 Å². The molecule has 1 heterocycles. The highest BCUT2D eigenvalue weighted by atomic mass is 16.5. The molecule has 2 rings (SSSR count). The molecule has 3 nitrogen and oxygen atoms in total. The Morgan fingerprint density at radius 3 is 2.83 bits per heavy atom. The average molecular weight is 247 g/mol. The lowest BCUT2D eigenvalue weighted by atomic mass is 10.0. The smallest absolute Gasteiger partial charge is 0.226 e. The van der Waals surface area contributed by atoms with E-state index in [2.05, 4.69) is 6.07 Å². The van der Waals surface area contributed by atoms with E-state index in [1.807, 2.05) is 30.9 Å². The van der Waals surface area contributed by atoms with Crippen LogP contribution in [0, 0.1) is 0 Å². The van der Waals surface area contributed by atoms with Crippen LogP contribution in [0.25, 0.3) is 0 Å². The molecule has 98 valence electrons. The van der Waals surface area contributed by atoms with Crippen LogP contribution in [-0.2, 0) is 17.6 Å². The van der Waals surface area contributed by atoms with Crippen LogP contribution in [0.1, 0.15) is 31.4 Å². The molecule has 1 aliphatic heterocycles. The van der Waals surface area contributed by atoms with Crippen molar-refractivity contribution in [2.45, 2.75) is 33.1 Å². The number of benzene rings is 1. The van der Waals surface area contributed by atoms with E-state index in [1.54, 1.807) is 0 Å². The number of nitrogens with zero attached hydrogens (tertiary/aromatic N) is 1. The molecule has 1 aromatic rings. The summed E-state index contributed by atoms with van der Waals surface area (Å²) in [5, 5.41) is 0. The van der Waals surface area contributed by atoms with Crippen LogP contribution in [0.3, 0.4) is 0 Å². The maximum atomic E-state index is 12.0. The number of ether oxygens (including phenoxy) is 1. The number of aryl methyl sites for hydroxylation is 1. The molecule has 1 aliphatic rings. The van der Waals surface area contributed by atoms with Crippen LogP contribution in [-0.4, -0.2) is 30.5 Å². The monoisotopic (exact) mass is 247 g/mol. The molecule has 0 N–H and O–H groups in total. The largest absolute Gasteiger partial charge is 0.493 e. The van der Waals surface area contributed by atoms with E-state index >= 15 is 0 Å². The number of hydrogen-bond donors (Lipinski definition) is 0. The van der Waals surface area contributed by atoms with E-state index in [4.69, 9.17) is 4.74 Å². The van der Waals surface area contributed by atoms with E-state index in [9.17, 15) is 4.79 Å². The minimum absolute atomic E-state index is 0.205. The van der Waals surface area contributed by atoms with Crippen molar-refractivity contribution in [1.82, 2.24) is 4.90 Å². The third-order valence-electron chi connectivity index (χ3n) is 3.44. The summed E-state index contributed by atoms with van der Waals surface area (Å²) >= 11 is 0. The molecule has 0 aliphatic carbocycles. The molecular formula is C15H21NO2. The second-order valence-corrected chi connectivity index (χ2v) is 4.64. The fourth-order valence-corrected chi connectivity index (χ4v) is 2.39. The van der Waals surface area contributed by atoms with Crippen molar-refractivity contribution < 1.29 is 9.53 Å². The van der Waals surface area contributed by atoms with Crippen molar-refractivity contribution in [2.75, 3.05) is 19.7 Å². The van der Waals surface area contributed by atoms with Gasteiger partial charge in [0.25, 0.3) is 0 Å². The van der Waals surface area contributed by atoms with Gasteiger partial charge in [-0.2, -0.15) is 0 Å². The topological polar surface area (TPSA) is 29.5 Å². The summed E-state index contributed by atoms with van der Waals surface area (Å²) in [6, 6.07) is 6.13. The predicted octanol–water partition coefficient (Wildman–Crippen LogP) is 2.42. The van der Waals surface area contributed by atoms with Crippen LogP contribution in [0.2, 0.25) is 0 Å². The summed E-state index contributed by atoms with van der Waals surface area (Å²) in [4.78, 5) is 13.9. The van der Waals surface area contributed by atoms with Gasteiger partial charge in [0.05, 0.1) is 13.0 Å². The van der Waals surface area contributed by atoms with Gasteiger partial charge in [-0.05, 0) is 43.9 Å². The van der Waals surface area contributed by atoms with Gasteiger partial charge >= 0.3 is 0 Å². The molecule has 1 aromatic carbocycles. The van der Waals surface area contributed by atoms with E-state index in [0.717, 1.165) is 43.9 Å². The molecule has 0 fully saturated rings. The highest BCUT2D eigenvalue weighted by molar-refractivity contribution is 5.78. The number of likely N-dealkylation sites (N-methyl/N-ethyl adjacent to an activating group) is 1. The Hall–Kier alpha value is -1.51. The second kappa shape index (κ2) is 5.89. The number of fused-ring (bicyclic) bond motifs is 1. The molecule has 0 spiro atoms. The SMILES string of the molecule is CCN(CC)C(=O)Cc1ccc2c(c1)CCCO2. The predicted molar refractivity (Wildman–Crippen MR) is 71.9 cm³/mol. The summed E-state index contributed by atoms with van der Waals surface area (Å²) in [5.41, 5.74) is 2.34. The van der Waals surface area contributed by atoms with Crippen molar-refractivity contribution in [3.05, 3.63) is 29.3 Å². The van der Waals surface area contributed by atoms with Gasteiger partial charge in [0, 0.05) is 13.1 Å². The Balaban J connectivity index is 2.08. The fourth-order valence-electron chi connectivity index (χ4n) is 2.39. The van der Waals surface area contributed by atoms with Gasteiger partial charge in [0.15, 0.2) is 0 Å². The van der Waals surface area contributed by atoms with Crippen molar-refractivity contribution in [3.8, 4) is 5.75 Å². The Morgan fingerprint density at radius 2 is 2.11 bits per heavy atom. The Labute approximate surface area is 109 Å². The molecule has 0 bridgehead atoms. The summed E-state index contributed by atoms with van der Waals surface area (Å²) in [6.07, 6.45) is 2.62. The first-order valence-electron chi connectivity index (χ1n) is 6.77. The normalized spacial score (nSPS) is 13.7. The molecule has 0 saturated carbocycles. The minimum atomic E-state index is 0.205. The molecule has 0 aromatic heterocycles. The maximum Gasteiger partial charge on any atom is 0.226 e. The molecular weight excluding hydrogens is 226 g/mol. The van der Waals surface area contributed by atoms with Gasteiger partial charge in [-0.1, -0.05) is 12.1 Å². The van der Waals surface area contributed by atoms with Gasteiger partial charge in [-0.15, -0.1) is 0 Å². The maximum absolute atomic E-state index is 12.0. The average Bonchev–Trinajstić information content (AvgIpc) is 2.40. The molecule has 18 heavy (non-hydrogen) atoms. The second-order valence-electron chi connectivity index (χ2n) is 4.64. The van der Waals surface area contributed by atoms with Crippen molar-refractivity contribution in [1.29, 1.82) is 0 Å². The Morgan fingerprint density at radius 1 is 1.33 bits per heavy atom. The van der Waals surface area contributed by atoms with E-state index in [-0.39, 0.29) is 5.91 Å². The van der Waals surface area contributed by atoms with Crippen LogP contribution in [0.5, 0.6) is 5.75 Å². The van der Waals surface area contributed by atoms with Gasteiger partial charge < -0.3 is 9.64 Å². The zero-order chi connectivity index (χ0) is 13.0. The lowest BCUT2D eigenvalue weighted by Crippen LogP contribution is -2.31. The molecule has 0 unspecified atom stereocenters. The summed E-state index contributed by atoms with van der Waals surface area (Å²) < 4.78 is 5.58. The van der Waals surface area contributed by atoms with Gasteiger partial charge in [0.2, 0.25) is 5.91 Å². The van der Waals surface area contributed by atoms with E-state index in [1.165, 1.54) is 5.56 Å². The third kappa shape index (κ3) is 2.84. The first kappa shape index (κ1) is 12.9. The van der Waals surface area contributed by atoms with Crippen LogP contribution < -0.4 is 4.74 Å². The summed E-state index contributed by atoms with van der Waals surface area (Å²) in [6.45, 7) is 6.40. The zero-order valence-corrected chi connectivity index (χ0v) is 11.2. The molecule has 3 heteroatoms. The standard InChI is InChI=1S/C15H21NO2/c1-3-16(4-2)15(17)11-12-7-8-14-13(10-12)6-5-9-18-14/h7-8,10H,3-6,9,11H2,1-2H3. The number of carbonyl (C=O) groups is 1. The lowest BCUT2D eigenvalue weighted by Gasteiger charge is -2.20. The Kier molecular flexibility index (Phi) is 4.24. The zero-order valence-electron chi connectivity index (χ0n) is 11.2. The van der Waals surface area contributed by atoms with Crippen molar-refractivity contribution >= 4 is 5.91 Å². The highest BCUT2D eigenvalue weighted by Crippen LogP contribution is 2.25. The van der Waals surface area contributed by atoms with Crippen LogP contribution in [0.4, 0.5) is 0 Å².